The third-order valence-electron chi connectivity index (χ3n) is 6.70. The van der Waals surface area contributed by atoms with E-state index in [2.05, 4.69) is 48.3 Å². The third kappa shape index (κ3) is 6.81. The van der Waals surface area contributed by atoms with E-state index in [0.717, 1.165) is 57.9 Å². The molecular formula is C29H38INO3S. The van der Waals surface area contributed by atoms with Gasteiger partial charge in [-0.1, -0.05) is 81.9 Å². The first kappa shape index (κ1) is 28.0. The number of phenolic OH excluding ortho intramolecular Hbond substituents is 1. The van der Waals surface area contributed by atoms with Gasteiger partial charge < -0.3 is 5.11 Å². The fraction of sp³-hybridized carbons (Fsp3) is 0.517. The molecule has 1 aliphatic rings. The van der Waals surface area contributed by atoms with Crippen molar-refractivity contribution in [1.82, 2.24) is 4.31 Å². The molecule has 4 nitrogen and oxygen atoms in total. The third-order valence-corrected chi connectivity index (χ3v) is 9.67. The molecule has 1 heterocycles. The average Bonchev–Trinajstić information content (AvgIpc) is 3.30. The van der Waals surface area contributed by atoms with Gasteiger partial charge in [0.2, 0.25) is 10.0 Å². The number of hydrogen-bond acceptors (Lipinski definition) is 3. The van der Waals surface area contributed by atoms with E-state index in [-0.39, 0.29) is 23.7 Å². The number of rotatable bonds is 11. The van der Waals surface area contributed by atoms with Crippen molar-refractivity contribution in [2.75, 3.05) is 0 Å². The molecule has 0 fully saturated rings. The summed E-state index contributed by atoms with van der Waals surface area (Å²) in [5.74, 6) is 7.02. The Morgan fingerprint density at radius 2 is 1.57 bits per heavy atom. The van der Waals surface area contributed by atoms with Crippen LogP contribution in [0.25, 0.3) is 0 Å². The van der Waals surface area contributed by atoms with Gasteiger partial charge in [-0.05, 0) is 72.0 Å². The quantitative estimate of drug-likeness (QED) is 0.164. The van der Waals surface area contributed by atoms with Gasteiger partial charge in [0.05, 0.1) is 8.47 Å². The number of aryl methyl sites for hydroxylation is 1. The lowest BCUT2D eigenvalue weighted by atomic mass is 9.93. The fourth-order valence-electron chi connectivity index (χ4n) is 4.55. The van der Waals surface area contributed by atoms with Crippen LogP contribution in [0.3, 0.4) is 0 Å². The molecule has 35 heavy (non-hydrogen) atoms. The Hall–Kier alpha value is -1.56. The molecule has 0 bridgehead atoms. The minimum atomic E-state index is -3.67. The van der Waals surface area contributed by atoms with Crippen molar-refractivity contribution < 1.29 is 13.5 Å². The van der Waals surface area contributed by atoms with E-state index in [1.807, 2.05) is 19.1 Å². The van der Waals surface area contributed by atoms with Crippen LogP contribution < -0.4 is 0 Å². The molecule has 190 valence electrons. The molecule has 0 spiro atoms. The van der Waals surface area contributed by atoms with Crippen LogP contribution in [-0.2, 0) is 29.5 Å². The van der Waals surface area contributed by atoms with Crippen LogP contribution in [-0.4, -0.2) is 17.8 Å². The summed E-state index contributed by atoms with van der Waals surface area (Å²) in [6.45, 7) is 6.77. The van der Waals surface area contributed by atoms with Gasteiger partial charge in [-0.15, -0.1) is 0 Å². The normalized spacial score (nSPS) is 13.5. The average molecular weight is 608 g/mol. The Balaban J connectivity index is 1.96. The van der Waals surface area contributed by atoms with Crippen molar-refractivity contribution in [3.05, 3.63) is 55.7 Å². The first-order valence-electron chi connectivity index (χ1n) is 12.9. The Labute approximate surface area is 225 Å². The summed E-state index contributed by atoms with van der Waals surface area (Å²) in [5.41, 5.74) is 4.62. The predicted octanol–water partition coefficient (Wildman–Crippen LogP) is 7.45. The summed E-state index contributed by atoms with van der Waals surface area (Å²) in [6.07, 6.45) is 10.9. The molecule has 0 amide bonds. The summed E-state index contributed by atoms with van der Waals surface area (Å²) in [4.78, 5) is 0.286. The number of sulfonamides is 1. The van der Waals surface area contributed by atoms with E-state index in [4.69, 9.17) is 0 Å². The molecule has 0 saturated carbocycles. The maximum Gasteiger partial charge on any atom is 0.243 e. The second-order valence-electron chi connectivity index (χ2n) is 9.48. The summed E-state index contributed by atoms with van der Waals surface area (Å²) in [5, 5.41) is 11.1. The number of halogens is 1. The number of unbranched alkanes of at least 4 members (excludes halogenated alkanes) is 7. The lowest BCUT2D eigenvalue weighted by Gasteiger charge is -2.16. The maximum absolute atomic E-state index is 13.4. The summed E-state index contributed by atoms with van der Waals surface area (Å²) in [6, 6.07) is 6.96. The Bertz CT molecular complexity index is 1180. The van der Waals surface area contributed by atoms with Crippen molar-refractivity contribution in [2.24, 2.45) is 0 Å². The highest BCUT2D eigenvalue weighted by atomic mass is 127. The Morgan fingerprint density at radius 3 is 2.23 bits per heavy atom. The minimum Gasteiger partial charge on any atom is -0.506 e. The lowest BCUT2D eigenvalue weighted by molar-refractivity contribution is 0.421. The zero-order chi connectivity index (χ0) is 25.4. The number of benzene rings is 2. The van der Waals surface area contributed by atoms with Gasteiger partial charge in [-0.25, -0.2) is 8.42 Å². The van der Waals surface area contributed by atoms with Gasteiger partial charge in [0, 0.05) is 30.6 Å². The van der Waals surface area contributed by atoms with Crippen LogP contribution in [0, 0.1) is 22.3 Å². The van der Waals surface area contributed by atoms with Crippen LogP contribution in [0.5, 0.6) is 5.75 Å². The van der Waals surface area contributed by atoms with Crippen LogP contribution >= 0.6 is 22.6 Å². The summed E-state index contributed by atoms with van der Waals surface area (Å²) < 4.78 is 29.1. The molecule has 0 radical (unpaired) electrons. The van der Waals surface area contributed by atoms with E-state index in [0.29, 0.717) is 5.56 Å². The maximum atomic E-state index is 13.4. The minimum absolute atomic E-state index is 0.175. The van der Waals surface area contributed by atoms with Crippen molar-refractivity contribution in [2.45, 2.75) is 103 Å². The molecule has 0 saturated heterocycles. The van der Waals surface area contributed by atoms with E-state index in [1.54, 1.807) is 12.1 Å². The second-order valence-corrected chi connectivity index (χ2v) is 12.5. The van der Waals surface area contributed by atoms with Crippen LogP contribution in [0.15, 0.2) is 29.2 Å². The fourth-order valence-corrected chi connectivity index (χ4v) is 6.79. The van der Waals surface area contributed by atoms with Gasteiger partial charge in [0.1, 0.15) is 5.75 Å². The van der Waals surface area contributed by atoms with Gasteiger partial charge in [0.25, 0.3) is 0 Å². The number of fused-ring (bicyclic) bond motifs is 1. The zero-order valence-corrected chi connectivity index (χ0v) is 24.3. The van der Waals surface area contributed by atoms with E-state index >= 15 is 0 Å². The topological polar surface area (TPSA) is 57.6 Å². The molecule has 1 N–H and O–H groups in total. The van der Waals surface area contributed by atoms with Crippen molar-refractivity contribution >= 4 is 32.6 Å². The van der Waals surface area contributed by atoms with Crippen molar-refractivity contribution in [3.63, 3.8) is 0 Å². The highest BCUT2D eigenvalue weighted by molar-refractivity contribution is 14.1. The summed E-state index contributed by atoms with van der Waals surface area (Å²) >= 11 is 2.22. The summed E-state index contributed by atoms with van der Waals surface area (Å²) in [7, 11) is -3.67. The second kappa shape index (κ2) is 13.1. The lowest BCUT2D eigenvalue weighted by Crippen LogP contribution is -2.25. The number of nitrogens with zero attached hydrogens (tertiary/aromatic N) is 1. The molecular weight excluding hydrogens is 569 g/mol. The highest BCUT2D eigenvalue weighted by Gasteiger charge is 2.35. The molecule has 6 heteroatoms. The zero-order valence-electron chi connectivity index (χ0n) is 21.3. The SMILES string of the molecule is CCCCCCC#Cc1c(CCCCCC)c(I)c(O)c2c1CN(S(=O)(=O)c1ccc(C)cc1)C2. The molecule has 2 aromatic rings. The van der Waals surface area contributed by atoms with Crippen LogP contribution in [0.1, 0.15) is 99.5 Å². The van der Waals surface area contributed by atoms with Gasteiger partial charge in [0.15, 0.2) is 0 Å². The first-order chi connectivity index (χ1) is 16.8. The molecule has 0 aliphatic carbocycles. The number of hydrogen-bond donors (Lipinski definition) is 1. The molecule has 0 unspecified atom stereocenters. The highest BCUT2D eigenvalue weighted by Crippen LogP contribution is 2.41. The molecule has 0 atom stereocenters. The molecule has 2 aromatic carbocycles. The number of aromatic hydroxyl groups is 1. The first-order valence-corrected chi connectivity index (χ1v) is 15.4. The Morgan fingerprint density at radius 1 is 0.943 bits per heavy atom. The van der Waals surface area contributed by atoms with Gasteiger partial charge >= 0.3 is 0 Å². The van der Waals surface area contributed by atoms with E-state index in [9.17, 15) is 13.5 Å². The van der Waals surface area contributed by atoms with Crippen molar-refractivity contribution in [3.8, 4) is 17.6 Å². The molecule has 0 aromatic heterocycles. The van der Waals surface area contributed by atoms with Gasteiger partial charge in [-0.3, -0.25) is 0 Å². The van der Waals surface area contributed by atoms with Gasteiger partial charge in [-0.2, -0.15) is 4.31 Å². The smallest absolute Gasteiger partial charge is 0.243 e. The predicted molar refractivity (Wildman–Crippen MR) is 152 cm³/mol. The largest absolute Gasteiger partial charge is 0.506 e. The van der Waals surface area contributed by atoms with E-state index < -0.39 is 10.0 Å². The van der Waals surface area contributed by atoms with Crippen LogP contribution in [0.2, 0.25) is 0 Å². The van der Waals surface area contributed by atoms with Crippen LogP contribution in [0.4, 0.5) is 0 Å². The van der Waals surface area contributed by atoms with E-state index in [1.165, 1.54) is 36.4 Å². The Kier molecular flexibility index (Phi) is 10.5. The van der Waals surface area contributed by atoms with Crippen molar-refractivity contribution in [1.29, 1.82) is 0 Å². The molecule has 3 rings (SSSR count). The molecule has 1 aliphatic heterocycles. The standard InChI is InChI=1S/C29H38INO3S/c1-4-6-8-10-11-13-14-24-25(15-12-9-7-5-2)28(30)29(32)27-21-31(20-26(24)27)35(33,34)23-18-16-22(3)17-19-23/h16-19,32H,4-12,15,20-21H2,1-3H3. The number of phenols is 1. The monoisotopic (exact) mass is 607 g/mol.